The molecule has 0 bridgehead atoms. The van der Waals surface area contributed by atoms with Gasteiger partial charge in [0.05, 0.1) is 23.8 Å². The Labute approximate surface area is 180 Å². The van der Waals surface area contributed by atoms with Gasteiger partial charge in [0.1, 0.15) is 0 Å². The number of rotatable bonds is 5. The summed E-state index contributed by atoms with van der Waals surface area (Å²) in [5.74, 6) is 0.801. The number of aryl methyl sites for hydroxylation is 1. The van der Waals surface area contributed by atoms with Crippen molar-refractivity contribution in [2.75, 3.05) is 35.9 Å². The van der Waals surface area contributed by atoms with Gasteiger partial charge in [-0.15, -0.1) is 10.2 Å². The van der Waals surface area contributed by atoms with Crippen LogP contribution in [0.3, 0.4) is 0 Å². The lowest BCUT2D eigenvalue weighted by Crippen LogP contribution is -2.36. The fraction of sp³-hybridized carbons (Fsp3) is 0.238. The third-order valence-corrected chi connectivity index (χ3v) is 6.59. The molecule has 2 aromatic carbocycles. The van der Waals surface area contributed by atoms with E-state index in [9.17, 15) is 8.42 Å². The number of sulfonamides is 1. The summed E-state index contributed by atoms with van der Waals surface area (Å²) in [6.45, 7) is 4.66. The van der Waals surface area contributed by atoms with Gasteiger partial charge in [0.2, 0.25) is 0 Å². The van der Waals surface area contributed by atoms with Crippen molar-refractivity contribution in [3.8, 4) is 11.3 Å². The fourth-order valence-corrected chi connectivity index (χ4v) is 4.81. The SMILES string of the molecule is Cc1ccc(Cl)cc1S(=O)(=O)Nc1cccc(-c2ccc(N3CCOCC3)nn2)c1. The minimum atomic E-state index is -3.78. The van der Waals surface area contributed by atoms with E-state index in [1.54, 1.807) is 37.3 Å². The first-order valence-electron chi connectivity index (χ1n) is 9.48. The van der Waals surface area contributed by atoms with Gasteiger partial charge in [-0.1, -0.05) is 29.8 Å². The lowest BCUT2D eigenvalue weighted by molar-refractivity contribution is 0.122. The van der Waals surface area contributed by atoms with E-state index in [2.05, 4.69) is 19.8 Å². The highest BCUT2D eigenvalue weighted by Crippen LogP contribution is 2.26. The summed E-state index contributed by atoms with van der Waals surface area (Å²) in [4.78, 5) is 2.27. The van der Waals surface area contributed by atoms with Crippen molar-refractivity contribution in [2.24, 2.45) is 0 Å². The molecule has 156 valence electrons. The van der Waals surface area contributed by atoms with Gasteiger partial charge in [0, 0.05) is 29.4 Å². The van der Waals surface area contributed by atoms with Gasteiger partial charge in [0.15, 0.2) is 5.82 Å². The number of aromatic nitrogens is 2. The second kappa shape index (κ2) is 8.59. The zero-order valence-electron chi connectivity index (χ0n) is 16.4. The molecule has 7 nitrogen and oxygen atoms in total. The van der Waals surface area contributed by atoms with Crippen LogP contribution in [0.25, 0.3) is 11.3 Å². The number of benzene rings is 2. The van der Waals surface area contributed by atoms with E-state index < -0.39 is 10.0 Å². The Balaban J connectivity index is 1.56. The molecule has 0 atom stereocenters. The minimum absolute atomic E-state index is 0.148. The van der Waals surface area contributed by atoms with Gasteiger partial charge in [-0.25, -0.2) is 8.42 Å². The highest BCUT2D eigenvalue weighted by atomic mass is 35.5. The molecule has 0 saturated carbocycles. The number of morpholine rings is 1. The van der Waals surface area contributed by atoms with Gasteiger partial charge in [-0.3, -0.25) is 4.72 Å². The molecule has 2 heterocycles. The average molecular weight is 445 g/mol. The number of nitrogens with one attached hydrogen (secondary N) is 1. The molecule has 0 spiro atoms. The Morgan fingerprint density at radius 1 is 1.03 bits per heavy atom. The molecule has 1 aliphatic heterocycles. The number of ether oxygens (including phenoxy) is 1. The van der Waals surface area contributed by atoms with E-state index in [-0.39, 0.29) is 4.90 Å². The second-order valence-corrected chi connectivity index (χ2v) is 9.06. The molecule has 0 aliphatic carbocycles. The zero-order valence-corrected chi connectivity index (χ0v) is 17.9. The number of nitrogens with zero attached hydrogens (tertiary/aromatic N) is 3. The monoisotopic (exact) mass is 444 g/mol. The Hall–Kier alpha value is -2.68. The quantitative estimate of drug-likeness (QED) is 0.645. The number of hydrogen-bond donors (Lipinski definition) is 1. The number of anilines is 2. The highest BCUT2D eigenvalue weighted by Gasteiger charge is 2.18. The van der Waals surface area contributed by atoms with Crippen LogP contribution in [0.5, 0.6) is 0 Å². The summed E-state index contributed by atoms with van der Waals surface area (Å²) in [6, 6.07) is 15.6. The van der Waals surface area contributed by atoms with E-state index >= 15 is 0 Å². The molecule has 0 amide bonds. The van der Waals surface area contributed by atoms with Crippen molar-refractivity contribution in [1.82, 2.24) is 10.2 Å². The predicted octanol–water partition coefficient (Wildman–Crippen LogP) is 3.74. The van der Waals surface area contributed by atoms with Gasteiger partial charge in [-0.2, -0.15) is 0 Å². The van der Waals surface area contributed by atoms with Gasteiger partial charge >= 0.3 is 0 Å². The van der Waals surface area contributed by atoms with Crippen molar-refractivity contribution in [1.29, 1.82) is 0 Å². The van der Waals surface area contributed by atoms with Crippen LogP contribution in [0.15, 0.2) is 59.5 Å². The van der Waals surface area contributed by atoms with E-state index in [4.69, 9.17) is 16.3 Å². The van der Waals surface area contributed by atoms with Gasteiger partial charge in [0.25, 0.3) is 10.0 Å². The van der Waals surface area contributed by atoms with Crippen LogP contribution in [0.1, 0.15) is 5.56 Å². The molecule has 4 rings (SSSR count). The Morgan fingerprint density at radius 3 is 2.57 bits per heavy atom. The zero-order chi connectivity index (χ0) is 21.1. The van der Waals surface area contributed by atoms with Crippen LogP contribution in [0, 0.1) is 6.92 Å². The molecule has 0 unspecified atom stereocenters. The molecule has 0 radical (unpaired) electrons. The maximum Gasteiger partial charge on any atom is 0.262 e. The summed E-state index contributed by atoms with van der Waals surface area (Å²) >= 11 is 5.98. The molecular formula is C21H21ClN4O3S. The normalized spacial score (nSPS) is 14.5. The lowest BCUT2D eigenvalue weighted by atomic mass is 10.1. The van der Waals surface area contributed by atoms with Crippen molar-refractivity contribution in [2.45, 2.75) is 11.8 Å². The standard InChI is InChI=1S/C21H21ClN4O3S/c1-15-5-6-17(22)14-20(15)30(27,28)25-18-4-2-3-16(13-18)19-7-8-21(24-23-19)26-9-11-29-12-10-26/h2-8,13-14,25H,9-12H2,1H3. The summed E-state index contributed by atoms with van der Waals surface area (Å²) in [7, 11) is -3.78. The van der Waals surface area contributed by atoms with Crippen LogP contribution < -0.4 is 9.62 Å². The van der Waals surface area contributed by atoms with Gasteiger partial charge < -0.3 is 9.64 Å². The predicted molar refractivity (Wildman–Crippen MR) is 117 cm³/mol. The van der Waals surface area contributed by atoms with Crippen LogP contribution in [0.4, 0.5) is 11.5 Å². The summed E-state index contributed by atoms with van der Waals surface area (Å²) in [5, 5.41) is 9.00. The average Bonchev–Trinajstić information content (AvgIpc) is 2.76. The first-order valence-corrected chi connectivity index (χ1v) is 11.3. The van der Waals surface area contributed by atoms with E-state index in [1.165, 1.54) is 6.07 Å². The van der Waals surface area contributed by atoms with Crippen LogP contribution in [-0.4, -0.2) is 44.9 Å². The van der Waals surface area contributed by atoms with Crippen LogP contribution >= 0.6 is 11.6 Å². The Kier molecular flexibility index (Phi) is 5.90. The Bertz CT molecular complexity index is 1150. The fourth-order valence-electron chi connectivity index (χ4n) is 3.26. The van der Waals surface area contributed by atoms with Crippen molar-refractivity contribution in [3.63, 3.8) is 0 Å². The van der Waals surface area contributed by atoms with Crippen molar-refractivity contribution in [3.05, 3.63) is 65.2 Å². The molecule has 9 heteroatoms. The van der Waals surface area contributed by atoms with Crippen LogP contribution in [0.2, 0.25) is 5.02 Å². The maximum absolute atomic E-state index is 12.8. The molecule has 1 aromatic heterocycles. The third-order valence-electron chi connectivity index (χ3n) is 4.84. The molecule has 1 fully saturated rings. The second-order valence-electron chi connectivity index (χ2n) is 6.97. The van der Waals surface area contributed by atoms with Crippen LogP contribution in [-0.2, 0) is 14.8 Å². The Morgan fingerprint density at radius 2 is 1.83 bits per heavy atom. The summed E-state index contributed by atoms with van der Waals surface area (Å²) in [5.41, 5.74) is 2.48. The number of hydrogen-bond acceptors (Lipinski definition) is 6. The lowest BCUT2D eigenvalue weighted by Gasteiger charge is -2.27. The van der Waals surface area contributed by atoms with Crippen molar-refractivity contribution >= 4 is 33.1 Å². The van der Waals surface area contributed by atoms with E-state index in [0.717, 1.165) is 24.5 Å². The number of halogens is 1. The smallest absolute Gasteiger partial charge is 0.262 e. The van der Waals surface area contributed by atoms with Gasteiger partial charge in [-0.05, 0) is 48.9 Å². The molecule has 3 aromatic rings. The summed E-state index contributed by atoms with van der Waals surface area (Å²) in [6.07, 6.45) is 0. The minimum Gasteiger partial charge on any atom is -0.378 e. The van der Waals surface area contributed by atoms with E-state index in [0.29, 0.717) is 35.2 Å². The first kappa shape index (κ1) is 20.6. The molecule has 1 saturated heterocycles. The third kappa shape index (κ3) is 4.56. The highest BCUT2D eigenvalue weighted by molar-refractivity contribution is 7.92. The maximum atomic E-state index is 12.8. The largest absolute Gasteiger partial charge is 0.378 e. The summed E-state index contributed by atoms with van der Waals surface area (Å²) < 4.78 is 33.6. The topological polar surface area (TPSA) is 84.4 Å². The first-order chi connectivity index (χ1) is 14.4. The molecule has 1 N–H and O–H groups in total. The molecule has 30 heavy (non-hydrogen) atoms. The van der Waals surface area contributed by atoms with E-state index in [1.807, 2.05) is 18.2 Å². The molecule has 1 aliphatic rings. The molecular weight excluding hydrogens is 424 g/mol. The van der Waals surface area contributed by atoms with Crippen molar-refractivity contribution < 1.29 is 13.2 Å².